The predicted octanol–water partition coefficient (Wildman–Crippen LogP) is 2.72. The fourth-order valence-corrected chi connectivity index (χ4v) is 3.20. The van der Waals surface area contributed by atoms with E-state index in [1.807, 2.05) is 25.3 Å². The number of nitrogens with zero attached hydrogens (tertiary/aromatic N) is 3. The fourth-order valence-electron chi connectivity index (χ4n) is 3.20. The zero-order valence-electron chi connectivity index (χ0n) is 16.5. The van der Waals surface area contributed by atoms with E-state index in [1.165, 1.54) is 0 Å². The van der Waals surface area contributed by atoms with Crippen molar-refractivity contribution < 1.29 is 9.52 Å². The molecule has 0 saturated carbocycles. The number of pyridine rings is 1. The highest BCUT2D eigenvalue weighted by molar-refractivity contribution is 14.0. The van der Waals surface area contributed by atoms with Crippen molar-refractivity contribution in [1.82, 2.24) is 15.6 Å². The van der Waals surface area contributed by atoms with E-state index in [-0.39, 0.29) is 30.5 Å². The monoisotopic (exact) mass is 499 g/mol. The summed E-state index contributed by atoms with van der Waals surface area (Å²) in [6.07, 6.45) is 5.41. The highest BCUT2D eigenvalue weighted by Crippen LogP contribution is 2.21. The van der Waals surface area contributed by atoms with Gasteiger partial charge in [-0.15, -0.1) is 24.0 Å². The van der Waals surface area contributed by atoms with Gasteiger partial charge < -0.3 is 25.1 Å². The van der Waals surface area contributed by atoms with E-state index in [2.05, 4.69) is 31.6 Å². The highest BCUT2D eigenvalue weighted by Gasteiger charge is 2.26. The van der Waals surface area contributed by atoms with Crippen LogP contribution in [-0.2, 0) is 5.60 Å². The van der Waals surface area contributed by atoms with Crippen LogP contribution in [0.25, 0.3) is 0 Å². The van der Waals surface area contributed by atoms with Gasteiger partial charge in [-0.2, -0.15) is 0 Å². The molecule has 0 aliphatic carbocycles. The van der Waals surface area contributed by atoms with E-state index < -0.39 is 5.60 Å². The fraction of sp³-hybridized carbons (Fsp3) is 0.500. The smallest absolute Gasteiger partial charge is 0.191 e. The maximum Gasteiger partial charge on any atom is 0.191 e. The van der Waals surface area contributed by atoms with Crippen molar-refractivity contribution in [2.45, 2.75) is 38.3 Å². The van der Waals surface area contributed by atoms with Crippen LogP contribution >= 0.6 is 24.0 Å². The van der Waals surface area contributed by atoms with Crippen LogP contribution in [0.1, 0.15) is 32.4 Å². The Labute approximate surface area is 183 Å². The lowest BCUT2D eigenvalue weighted by molar-refractivity contribution is 0.0436. The number of nitrogens with one attached hydrogen (secondary N) is 2. The molecule has 2 aromatic heterocycles. The molecule has 7 nitrogen and oxygen atoms in total. The summed E-state index contributed by atoms with van der Waals surface area (Å²) in [6, 6.07) is 9.89. The summed E-state index contributed by atoms with van der Waals surface area (Å²) in [4.78, 5) is 11.3. The Morgan fingerprint density at radius 2 is 2.11 bits per heavy atom. The Morgan fingerprint density at radius 3 is 2.71 bits per heavy atom. The number of anilines is 1. The summed E-state index contributed by atoms with van der Waals surface area (Å²) >= 11 is 0. The Morgan fingerprint density at radius 1 is 1.32 bits per heavy atom. The lowest BCUT2D eigenvalue weighted by Gasteiger charge is -2.34. The van der Waals surface area contributed by atoms with Crippen molar-refractivity contribution in [2.75, 3.05) is 31.1 Å². The second-order valence-corrected chi connectivity index (χ2v) is 7.04. The third kappa shape index (κ3) is 6.10. The quantitative estimate of drug-likeness (QED) is 0.322. The molecule has 1 atom stereocenters. The molecule has 0 bridgehead atoms. The van der Waals surface area contributed by atoms with E-state index in [0.717, 1.165) is 44.3 Å². The Bertz CT molecular complexity index is 713. The van der Waals surface area contributed by atoms with Gasteiger partial charge in [0.15, 0.2) is 5.96 Å². The number of guanidine groups is 1. The molecule has 3 heterocycles. The molecule has 3 rings (SSSR count). The molecule has 8 heteroatoms. The zero-order valence-corrected chi connectivity index (χ0v) is 18.8. The molecule has 0 spiro atoms. The normalized spacial score (nSPS) is 17.5. The average molecular weight is 499 g/mol. The largest absolute Gasteiger partial charge is 0.466 e. The first-order valence-corrected chi connectivity index (χ1v) is 9.55. The third-order valence-electron chi connectivity index (χ3n) is 4.75. The lowest BCUT2D eigenvalue weighted by Crippen LogP contribution is -2.49. The van der Waals surface area contributed by atoms with Crippen molar-refractivity contribution in [1.29, 1.82) is 0 Å². The van der Waals surface area contributed by atoms with E-state index in [9.17, 15) is 5.11 Å². The van der Waals surface area contributed by atoms with Gasteiger partial charge in [0, 0.05) is 31.9 Å². The first kappa shape index (κ1) is 22.5. The number of aromatic nitrogens is 1. The number of halogens is 1. The highest BCUT2D eigenvalue weighted by atomic mass is 127. The minimum Gasteiger partial charge on any atom is -0.466 e. The van der Waals surface area contributed by atoms with Gasteiger partial charge in [-0.1, -0.05) is 6.07 Å². The van der Waals surface area contributed by atoms with Gasteiger partial charge in [0.2, 0.25) is 0 Å². The van der Waals surface area contributed by atoms with Crippen LogP contribution in [0.3, 0.4) is 0 Å². The Kier molecular flexibility index (Phi) is 8.56. The minimum absolute atomic E-state index is 0. The minimum atomic E-state index is -1.13. The molecule has 2 aromatic rings. The van der Waals surface area contributed by atoms with Crippen LogP contribution in [0.2, 0.25) is 0 Å². The van der Waals surface area contributed by atoms with Crippen LogP contribution in [0.5, 0.6) is 0 Å². The summed E-state index contributed by atoms with van der Waals surface area (Å²) in [5, 5.41) is 17.3. The molecule has 0 amide bonds. The molecule has 1 aliphatic rings. The average Bonchev–Trinajstić information content (AvgIpc) is 3.24. The van der Waals surface area contributed by atoms with Crippen molar-refractivity contribution in [3.8, 4) is 0 Å². The number of hydrogen-bond acceptors (Lipinski definition) is 5. The van der Waals surface area contributed by atoms with Gasteiger partial charge in [-0.25, -0.2) is 9.98 Å². The van der Waals surface area contributed by atoms with E-state index in [0.29, 0.717) is 11.8 Å². The number of rotatable bonds is 6. The van der Waals surface area contributed by atoms with E-state index in [4.69, 9.17) is 4.42 Å². The van der Waals surface area contributed by atoms with Crippen LogP contribution in [0, 0.1) is 0 Å². The van der Waals surface area contributed by atoms with Crippen molar-refractivity contribution >= 4 is 35.8 Å². The molecule has 28 heavy (non-hydrogen) atoms. The molecular formula is C20H30IN5O2. The molecule has 0 aromatic carbocycles. The number of aliphatic hydroxyl groups is 1. The molecule has 3 N–H and O–H groups in total. The molecule has 0 radical (unpaired) electrons. The Balaban J connectivity index is 0.00000280. The van der Waals surface area contributed by atoms with Crippen molar-refractivity contribution in [3.63, 3.8) is 0 Å². The maximum atomic E-state index is 10.6. The number of piperidine rings is 1. The summed E-state index contributed by atoms with van der Waals surface area (Å²) < 4.78 is 5.32. The second kappa shape index (κ2) is 10.7. The molecule has 1 saturated heterocycles. The summed E-state index contributed by atoms with van der Waals surface area (Å²) in [5.74, 6) is 2.28. The van der Waals surface area contributed by atoms with Gasteiger partial charge in [-0.3, -0.25) is 0 Å². The van der Waals surface area contributed by atoms with Crippen molar-refractivity contribution in [3.05, 3.63) is 48.6 Å². The standard InChI is InChI=1S/C20H29N5O2.HI/c1-3-21-19(23-15-20(2,26)17-7-6-14-27-17)24-16-9-12-25(13-10-16)18-8-4-5-11-22-18;/h4-8,11,14,16,26H,3,9-10,12-13,15H2,1-2H3,(H2,21,23,24);1H. The SMILES string of the molecule is CCNC(=NCC(C)(O)c1ccco1)NC1CCN(c2ccccn2)CC1.I. The van der Waals surface area contributed by atoms with E-state index in [1.54, 1.807) is 25.3 Å². The first-order chi connectivity index (χ1) is 13.1. The van der Waals surface area contributed by atoms with Gasteiger partial charge in [0.05, 0.1) is 12.8 Å². The number of furan rings is 1. The van der Waals surface area contributed by atoms with Crippen LogP contribution in [0.4, 0.5) is 5.82 Å². The predicted molar refractivity (Wildman–Crippen MR) is 122 cm³/mol. The summed E-state index contributed by atoms with van der Waals surface area (Å²) in [6.45, 7) is 6.65. The topological polar surface area (TPSA) is 85.9 Å². The van der Waals surface area contributed by atoms with Crippen molar-refractivity contribution in [2.24, 2.45) is 4.99 Å². The number of hydrogen-bond donors (Lipinski definition) is 3. The molecular weight excluding hydrogens is 469 g/mol. The molecule has 1 unspecified atom stereocenters. The maximum absolute atomic E-state index is 10.6. The molecule has 1 fully saturated rings. The summed E-state index contributed by atoms with van der Waals surface area (Å²) in [5.41, 5.74) is -1.13. The first-order valence-electron chi connectivity index (χ1n) is 9.55. The molecule has 1 aliphatic heterocycles. The zero-order chi connectivity index (χ0) is 19.1. The second-order valence-electron chi connectivity index (χ2n) is 7.04. The van der Waals surface area contributed by atoms with Gasteiger partial charge in [0.25, 0.3) is 0 Å². The Hall–Kier alpha value is -1.81. The summed E-state index contributed by atoms with van der Waals surface area (Å²) in [7, 11) is 0. The number of aliphatic imine (C=N–C) groups is 1. The molecule has 154 valence electrons. The van der Waals surface area contributed by atoms with Crippen LogP contribution in [0.15, 0.2) is 52.2 Å². The third-order valence-corrected chi connectivity index (χ3v) is 4.75. The van der Waals surface area contributed by atoms with Gasteiger partial charge in [0.1, 0.15) is 17.2 Å². The van der Waals surface area contributed by atoms with Gasteiger partial charge >= 0.3 is 0 Å². The van der Waals surface area contributed by atoms with Crippen LogP contribution < -0.4 is 15.5 Å². The van der Waals surface area contributed by atoms with E-state index >= 15 is 0 Å². The van der Waals surface area contributed by atoms with Gasteiger partial charge in [-0.05, 0) is 51.0 Å². The lowest BCUT2D eigenvalue weighted by atomic mass is 10.0. The van der Waals surface area contributed by atoms with Crippen LogP contribution in [-0.4, -0.2) is 48.3 Å².